The minimum atomic E-state index is -1.04. The average Bonchev–Trinajstić information content (AvgIpc) is 2.32. The topological polar surface area (TPSA) is 87.2 Å². The fourth-order valence-electron chi connectivity index (χ4n) is 1.57. The quantitative estimate of drug-likeness (QED) is 0.816. The van der Waals surface area contributed by atoms with E-state index in [2.05, 4.69) is 9.82 Å². The van der Waals surface area contributed by atoms with Crippen molar-refractivity contribution < 1.29 is 9.63 Å². The number of rotatable bonds is 2. The lowest BCUT2D eigenvalue weighted by Gasteiger charge is -2.09. The van der Waals surface area contributed by atoms with Crippen molar-refractivity contribution >= 4 is 17.0 Å². The van der Waals surface area contributed by atoms with Gasteiger partial charge in [0.15, 0.2) is 0 Å². The molecule has 0 saturated heterocycles. The molecule has 1 amide bonds. The van der Waals surface area contributed by atoms with E-state index in [0.29, 0.717) is 23.1 Å². The summed E-state index contributed by atoms with van der Waals surface area (Å²) in [6.45, 7) is 1.80. The second-order valence-electron chi connectivity index (χ2n) is 3.41. The largest absolute Gasteiger partial charge is 0.429 e. The van der Waals surface area contributed by atoms with Crippen LogP contribution in [0.1, 0.15) is 12.7 Å². The number of carbonyl (C=O) groups is 1. The van der Waals surface area contributed by atoms with Gasteiger partial charge in [-0.3, -0.25) is 4.79 Å². The van der Waals surface area contributed by atoms with Crippen molar-refractivity contribution in [2.24, 2.45) is 5.73 Å². The number of carbonyl (C=O) groups excluding carboxylic acids is 1. The van der Waals surface area contributed by atoms with Crippen LogP contribution >= 0.6 is 0 Å². The zero-order valence-corrected chi connectivity index (χ0v) is 9.21. The Bertz CT molecular complexity index is 633. The van der Waals surface area contributed by atoms with E-state index in [1.54, 1.807) is 31.2 Å². The molecule has 0 saturated carbocycles. The third-order valence-corrected chi connectivity index (χ3v) is 2.30. The molecule has 88 valence electrons. The number of fused-ring (bicyclic) bond motifs is 1. The van der Waals surface area contributed by atoms with Crippen molar-refractivity contribution in [3.63, 3.8) is 0 Å². The van der Waals surface area contributed by atoms with E-state index < -0.39 is 11.7 Å². The molecule has 0 aliphatic carbocycles. The van der Waals surface area contributed by atoms with Crippen LogP contribution < -0.4 is 16.1 Å². The van der Waals surface area contributed by atoms with Crippen molar-refractivity contribution in [3.05, 3.63) is 40.4 Å². The van der Waals surface area contributed by atoms with E-state index >= 15 is 0 Å². The van der Waals surface area contributed by atoms with Gasteiger partial charge >= 0.3 is 6.09 Å². The highest BCUT2D eigenvalue weighted by Crippen LogP contribution is 2.07. The fraction of sp³-hybridized carbons (Fsp3) is 0.182. The highest BCUT2D eigenvalue weighted by Gasteiger charge is 2.11. The van der Waals surface area contributed by atoms with Crippen molar-refractivity contribution in [1.29, 1.82) is 0 Å². The molecule has 0 fully saturated rings. The predicted molar refractivity (Wildman–Crippen MR) is 61.5 cm³/mol. The summed E-state index contributed by atoms with van der Waals surface area (Å²) in [6, 6.07) is 6.84. The lowest BCUT2D eigenvalue weighted by molar-refractivity contribution is 0.133. The molecule has 0 atom stereocenters. The summed E-state index contributed by atoms with van der Waals surface area (Å²) in [5.74, 6) is 0.354. The van der Waals surface area contributed by atoms with Crippen molar-refractivity contribution in [2.75, 3.05) is 0 Å². The number of para-hydroxylation sites is 1. The first-order valence-electron chi connectivity index (χ1n) is 5.12. The number of aryl methyl sites for hydroxylation is 1. The zero-order chi connectivity index (χ0) is 12.4. The van der Waals surface area contributed by atoms with Gasteiger partial charge in [-0.25, -0.2) is 9.78 Å². The Labute approximate surface area is 96.6 Å². The van der Waals surface area contributed by atoms with Gasteiger partial charge in [0.2, 0.25) is 0 Å². The van der Waals surface area contributed by atoms with E-state index in [0.717, 1.165) is 4.73 Å². The maximum Gasteiger partial charge on any atom is 0.429 e. The molecule has 0 radical (unpaired) electrons. The van der Waals surface area contributed by atoms with Gasteiger partial charge in [0, 0.05) is 6.42 Å². The van der Waals surface area contributed by atoms with Crippen LogP contribution in [0.2, 0.25) is 0 Å². The molecule has 2 rings (SSSR count). The molecule has 0 unspecified atom stereocenters. The minimum absolute atomic E-state index is 0.354. The predicted octanol–water partition coefficient (Wildman–Crippen LogP) is 0.466. The number of nitrogens with two attached hydrogens (primary N) is 1. The van der Waals surface area contributed by atoms with E-state index in [4.69, 9.17) is 5.73 Å². The van der Waals surface area contributed by atoms with E-state index in [9.17, 15) is 9.59 Å². The molecule has 0 bridgehead atoms. The third kappa shape index (κ3) is 1.96. The summed E-state index contributed by atoms with van der Waals surface area (Å²) in [6.07, 6.45) is -0.591. The number of amides is 1. The van der Waals surface area contributed by atoms with Crippen LogP contribution in [0.3, 0.4) is 0 Å². The Morgan fingerprint density at radius 1 is 1.47 bits per heavy atom. The van der Waals surface area contributed by atoms with Crippen molar-refractivity contribution in [3.8, 4) is 0 Å². The Morgan fingerprint density at radius 3 is 2.82 bits per heavy atom. The molecule has 2 aromatic rings. The van der Waals surface area contributed by atoms with Gasteiger partial charge in [0.05, 0.1) is 10.9 Å². The maximum absolute atomic E-state index is 12.0. The molecule has 0 spiro atoms. The minimum Gasteiger partial charge on any atom is -0.333 e. The van der Waals surface area contributed by atoms with Crippen molar-refractivity contribution in [1.82, 2.24) is 9.71 Å². The van der Waals surface area contributed by atoms with Gasteiger partial charge in [0.1, 0.15) is 5.82 Å². The first-order valence-corrected chi connectivity index (χ1v) is 5.12. The number of primary amides is 1. The monoisotopic (exact) mass is 233 g/mol. The van der Waals surface area contributed by atoms with Crippen molar-refractivity contribution in [2.45, 2.75) is 13.3 Å². The number of aromatic nitrogens is 2. The maximum atomic E-state index is 12.0. The molecule has 0 aliphatic heterocycles. The molecule has 17 heavy (non-hydrogen) atoms. The number of nitrogens with zero attached hydrogens (tertiary/aromatic N) is 2. The molecule has 1 aromatic carbocycles. The SMILES string of the molecule is CCc1nc2ccccc2c(=O)n1OC(N)=O. The number of hydrogen-bond donors (Lipinski definition) is 1. The van der Waals surface area contributed by atoms with Gasteiger partial charge < -0.3 is 10.6 Å². The van der Waals surface area contributed by atoms with Crippen LogP contribution in [0.5, 0.6) is 0 Å². The van der Waals surface area contributed by atoms with Gasteiger partial charge in [-0.15, -0.1) is 4.73 Å². The van der Waals surface area contributed by atoms with Gasteiger partial charge in [-0.05, 0) is 12.1 Å². The Balaban J connectivity index is 2.76. The van der Waals surface area contributed by atoms with Gasteiger partial charge in [-0.1, -0.05) is 19.1 Å². The van der Waals surface area contributed by atoms with Crippen LogP contribution in [0.15, 0.2) is 29.1 Å². The van der Waals surface area contributed by atoms with Crippen LogP contribution in [-0.4, -0.2) is 15.8 Å². The summed E-state index contributed by atoms with van der Waals surface area (Å²) in [4.78, 5) is 31.7. The highest BCUT2D eigenvalue weighted by atomic mass is 16.7. The smallest absolute Gasteiger partial charge is 0.333 e. The molecular formula is C11H11N3O3. The molecule has 1 aromatic heterocycles. The van der Waals surface area contributed by atoms with Gasteiger partial charge in [0.25, 0.3) is 5.56 Å². The Morgan fingerprint density at radius 2 is 2.18 bits per heavy atom. The Hall–Kier alpha value is -2.37. The summed E-state index contributed by atoms with van der Waals surface area (Å²) in [7, 11) is 0. The molecule has 0 aliphatic rings. The molecule has 2 N–H and O–H groups in total. The summed E-state index contributed by atoms with van der Waals surface area (Å²) in [5.41, 5.74) is 5.04. The molecule has 6 heteroatoms. The Kier molecular flexibility index (Phi) is 2.78. The van der Waals surface area contributed by atoms with E-state index in [-0.39, 0.29) is 0 Å². The fourth-order valence-corrected chi connectivity index (χ4v) is 1.57. The lowest BCUT2D eigenvalue weighted by Crippen LogP contribution is -2.36. The van der Waals surface area contributed by atoms with E-state index in [1.807, 2.05) is 0 Å². The summed E-state index contributed by atoms with van der Waals surface area (Å²) < 4.78 is 0.838. The highest BCUT2D eigenvalue weighted by molar-refractivity contribution is 5.77. The molecule has 6 nitrogen and oxygen atoms in total. The van der Waals surface area contributed by atoms with Crippen LogP contribution in [0.25, 0.3) is 10.9 Å². The zero-order valence-electron chi connectivity index (χ0n) is 9.21. The number of hydrogen-bond acceptors (Lipinski definition) is 4. The van der Waals surface area contributed by atoms with Crippen LogP contribution in [-0.2, 0) is 6.42 Å². The number of benzene rings is 1. The normalized spacial score (nSPS) is 10.4. The molecule has 1 heterocycles. The second kappa shape index (κ2) is 4.25. The standard InChI is InChI=1S/C11H11N3O3/c1-2-9-13-8-6-4-3-5-7(8)10(15)14(9)17-11(12)16/h3-6H,2H2,1H3,(H2,12,16). The second-order valence-corrected chi connectivity index (χ2v) is 3.41. The average molecular weight is 233 g/mol. The lowest BCUT2D eigenvalue weighted by atomic mass is 10.2. The first-order chi connectivity index (χ1) is 8.13. The third-order valence-electron chi connectivity index (χ3n) is 2.30. The van der Waals surface area contributed by atoms with Crippen LogP contribution in [0, 0.1) is 0 Å². The molecular weight excluding hydrogens is 222 g/mol. The van der Waals surface area contributed by atoms with Crippen LogP contribution in [0.4, 0.5) is 4.79 Å². The summed E-state index contributed by atoms with van der Waals surface area (Å²) >= 11 is 0. The first kappa shape index (κ1) is 11.1. The van der Waals surface area contributed by atoms with Gasteiger partial charge in [-0.2, -0.15) is 0 Å². The van der Waals surface area contributed by atoms with E-state index in [1.165, 1.54) is 0 Å². The summed E-state index contributed by atoms with van der Waals surface area (Å²) in [5, 5.41) is 0.381.